The number of aryl methyl sites for hydroxylation is 1. The Morgan fingerprint density at radius 1 is 1.35 bits per heavy atom. The summed E-state index contributed by atoms with van der Waals surface area (Å²) in [7, 11) is 4.16. The molecule has 5 heteroatoms. The van der Waals surface area contributed by atoms with Gasteiger partial charge in [-0.05, 0) is 25.8 Å². The van der Waals surface area contributed by atoms with E-state index in [1.165, 1.54) is 24.9 Å². The van der Waals surface area contributed by atoms with Gasteiger partial charge in [0.05, 0.1) is 18.9 Å². The summed E-state index contributed by atoms with van der Waals surface area (Å²) in [5.41, 5.74) is 1.30. The van der Waals surface area contributed by atoms with Gasteiger partial charge in [-0.25, -0.2) is 0 Å². The summed E-state index contributed by atoms with van der Waals surface area (Å²) in [5.74, 6) is 0.910. The van der Waals surface area contributed by atoms with Crippen molar-refractivity contribution in [3.63, 3.8) is 0 Å². The first kappa shape index (κ1) is 14.0. The molecule has 1 atom stereocenters. The first-order chi connectivity index (χ1) is 9.69. The average Bonchev–Trinajstić information content (AvgIpc) is 3.11. The molecule has 2 fully saturated rings. The summed E-state index contributed by atoms with van der Waals surface area (Å²) in [4.78, 5) is 4.92. The van der Waals surface area contributed by atoms with Gasteiger partial charge in [0.15, 0.2) is 0 Å². The molecule has 1 unspecified atom stereocenters. The molecule has 1 saturated carbocycles. The number of hydrogen-bond donors (Lipinski definition) is 0. The minimum absolute atomic E-state index is 0.351. The molecule has 0 aromatic carbocycles. The highest BCUT2D eigenvalue weighted by Gasteiger charge is 2.27. The van der Waals surface area contributed by atoms with Gasteiger partial charge in [-0.1, -0.05) is 0 Å². The van der Waals surface area contributed by atoms with Crippen molar-refractivity contribution in [1.82, 2.24) is 19.6 Å². The summed E-state index contributed by atoms with van der Waals surface area (Å²) in [5, 5.41) is 4.27. The second kappa shape index (κ2) is 6.24. The number of nitrogens with zero attached hydrogens (tertiary/aromatic N) is 4. The van der Waals surface area contributed by atoms with Crippen molar-refractivity contribution < 1.29 is 4.74 Å². The number of likely N-dealkylation sites (N-methyl/N-ethyl adjacent to an activating group) is 1. The van der Waals surface area contributed by atoms with Crippen LogP contribution >= 0.6 is 0 Å². The molecule has 1 aliphatic heterocycles. The largest absolute Gasteiger partial charge is 0.374 e. The zero-order valence-corrected chi connectivity index (χ0v) is 12.7. The van der Waals surface area contributed by atoms with Gasteiger partial charge in [-0.15, -0.1) is 0 Å². The number of morpholine rings is 1. The molecule has 1 aliphatic carbocycles. The van der Waals surface area contributed by atoms with Crippen LogP contribution in [-0.2, 0) is 18.3 Å². The van der Waals surface area contributed by atoms with Gasteiger partial charge in [-0.3, -0.25) is 9.58 Å². The van der Waals surface area contributed by atoms with Gasteiger partial charge in [-0.2, -0.15) is 5.10 Å². The Balaban J connectivity index is 1.56. The maximum absolute atomic E-state index is 5.92. The normalized spacial score (nSPS) is 24.4. The molecule has 5 nitrogen and oxygen atoms in total. The van der Waals surface area contributed by atoms with E-state index in [1.54, 1.807) is 0 Å². The van der Waals surface area contributed by atoms with E-state index in [0.29, 0.717) is 6.10 Å². The van der Waals surface area contributed by atoms with Gasteiger partial charge >= 0.3 is 0 Å². The van der Waals surface area contributed by atoms with E-state index >= 15 is 0 Å². The van der Waals surface area contributed by atoms with Gasteiger partial charge in [0, 0.05) is 51.5 Å². The third kappa shape index (κ3) is 4.04. The SMILES string of the molecule is CN1CCOC(CN(Cc2cnn(C)c2)CC2CC2)C1. The Morgan fingerprint density at radius 2 is 2.20 bits per heavy atom. The van der Waals surface area contributed by atoms with Crippen molar-refractivity contribution in [2.75, 3.05) is 39.8 Å². The summed E-state index contributed by atoms with van der Waals surface area (Å²) in [6, 6.07) is 0. The van der Waals surface area contributed by atoms with Crippen LogP contribution in [0.25, 0.3) is 0 Å². The van der Waals surface area contributed by atoms with Crippen molar-refractivity contribution in [2.24, 2.45) is 13.0 Å². The summed E-state index contributed by atoms with van der Waals surface area (Å²) in [6.45, 7) is 6.21. The highest BCUT2D eigenvalue weighted by molar-refractivity contribution is 5.03. The molecule has 3 rings (SSSR count). The summed E-state index contributed by atoms with van der Waals surface area (Å²) in [6.07, 6.45) is 7.25. The monoisotopic (exact) mass is 278 g/mol. The zero-order valence-electron chi connectivity index (χ0n) is 12.7. The standard InChI is InChI=1S/C15H26N4O/c1-17-5-6-20-15(11-17)12-19(9-13-3-4-13)10-14-7-16-18(2)8-14/h7-8,13,15H,3-6,9-12H2,1-2H3. The van der Waals surface area contributed by atoms with Crippen LogP contribution in [-0.4, -0.2) is 65.5 Å². The van der Waals surface area contributed by atoms with Crippen LogP contribution in [0.5, 0.6) is 0 Å². The quantitative estimate of drug-likeness (QED) is 0.776. The van der Waals surface area contributed by atoms with E-state index < -0.39 is 0 Å². The van der Waals surface area contributed by atoms with Crippen molar-refractivity contribution >= 4 is 0 Å². The van der Waals surface area contributed by atoms with Crippen molar-refractivity contribution in [2.45, 2.75) is 25.5 Å². The molecule has 1 aromatic heterocycles. The average molecular weight is 278 g/mol. The van der Waals surface area contributed by atoms with Crippen molar-refractivity contribution in [3.8, 4) is 0 Å². The molecule has 0 radical (unpaired) electrons. The molecule has 0 spiro atoms. The Hall–Kier alpha value is -0.910. The lowest BCUT2D eigenvalue weighted by Crippen LogP contribution is -2.46. The van der Waals surface area contributed by atoms with Crippen LogP contribution in [0, 0.1) is 5.92 Å². The van der Waals surface area contributed by atoms with E-state index in [0.717, 1.165) is 38.7 Å². The fourth-order valence-corrected chi connectivity index (χ4v) is 2.95. The maximum atomic E-state index is 5.92. The van der Waals surface area contributed by atoms with Crippen LogP contribution in [0.2, 0.25) is 0 Å². The molecular formula is C15H26N4O. The van der Waals surface area contributed by atoms with Gasteiger partial charge in [0.1, 0.15) is 0 Å². The second-order valence-corrected chi connectivity index (χ2v) is 6.41. The predicted molar refractivity (Wildman–Crippen MR) is 78.4 cm³/mol. The van der Waals surface area contributed by atoms with E-state index in [4.69, 9.17) is 4.74 Å². The lowest BCUT2D eigenvalue weighted by atomic mass is 10.2. The molecule has 112 valence electrons. The van der Waals surface area contributed by atoms with Gasteiger partial charge < -0.3 is 9.64 Å². The topological polar surface area (TPSA) is 33.5 Å². The molecule has 2 heterocycles. The van der Waals surface area contributed by atoms with E-state index in [2.05, 4.69) is 28.1 Å². The fourth-order valence-electron chi connectivity index (χ4n) is 2.95. The molecule has 0 amide bonds. The third-order valence-electron chi connectivity index (χ3n) is 4.18. The molecular weight excluding hydrogens is 252 g/mol. The van der Waals surface area contributed by atoms with Crippen molar-refractivity contribution in [3.05, 3.63) is 18.0 Å². The minimum atomic E-state index is 0.351. The maximum Gasteiger partial charge on any atom is 0.0829 e. The van der Waals surface area contributed by atoms with E-state index in [9.17, 15) is 0 Å². The fraction of sp³-hybridized carbons (Fsp3) is 0.800. The van der Waals surface area contributed by atoms with E-state index in [1.807, 2.05) is 17.9 Å². The highest BCUT2D eigenvalue weighted by atomic mass is 16.5. The van der Waals surface area contributed by atoms with Crippen LogP contribution in [0.3, 0.4) is 0 Å². The van der Waals surface area contributed by atoms with Crippen LogP contribution in [0.15, 0.2) is 12.4 Å². The smallest absolute Gasteiger partial charge is 0.0829 e. The Labute approximate surface area is 121 Å². The summed E-state index contributed by atoms with van der Waals surface area (Å²) >= 11 is 0. The first-order valence-corrected chi connectivity index (χ1v) is 7.69. The Kier molecular flexibility index (Phi) is 4.38. The summed E-state index contributed by atoms with van der Waals surface area (Å²) < 4.78 is 7.80. The third-order valence-corrected chi connectivity index (χ3v) is 4.18. The Morgan fingerprint density at radius 3 is 2.85 bits per heavy atom. The zero-order chi connectivity index (χ0) is 13.9. The molecule has 0 N–H and O–H groups in total. The first-order valence-electron chi connectivity index (χ1n) is 7.69. The molecule has 0 bridgehead atoms. The number of ether oxygens (including phenoxy) is 1. The predicted octanol–water partition coefficient (Wildman–Crippen LogP) is 0.963. The molecule has 1 aromatic rings. The van der Waals surface area contributed by atoms with Gasteiger partial charge in [0.2, 0.25) is 0 Å². The molecule has 20 heavy (non-hydrogen) atoms. The van der Waals surface area contributed by atoms with Crippen LogP contribution in [0.1, 0.15) is 18.4 Å². The molecule has 1 saturated heterocycles. The number of rotatable bonds is 6. The lowest BCUT2D eigenvalue weighted by molar-refractivity contribution is -0.0372. The Bertz CT molecular complexity index is 429. The van der Waals surface area contributed by atoms with Crippen molar-refractivity contribution in [1.29, 1.82) is 0 Å². The van der Waals surface area contributed by atoms with Gasteiger partial charge in [0.25, 0.3) is 0 Å². The number of hydrogen-bond acceptors (Lipinski definition) is 4. The van der Waals surface area contributed by atoms with Crippen LogP contribution in [0.4, 0.5) is 0 Å². The highest BCUT2D eigenvalue weighted by Crippen LogP contribution is 2.30. The second-order valence-electron chi connectivity index (χ2n) is 6.41. The molecule has 2 aliphatic rings. The minimum Gasteiger partial charge on any atom is -0.374 e. The van der Waals surface area contributed by atoms with Crippen LogP contribution < -0.4 is 0 Å². The van der Waals surface area contributed by atoms with E-state index in [-0.39, 0.29) is 0 Å². The number of aromatic nitrogens is 2. The lowest BCUT2D eigenvalue weighted by Gasteiger charge is -2.34.